The van der Waals surface area contributed by atoms with Crippen LogP contribution >= 0.6 is 11.3 Å². The Bertz CT molecular complexity index is 1250. The van der Waals surface area contributed by atoms with Crippen LogP contribution in [0.4, 0.5) is 5.13 Å². The monoisotopic (exact) mass is 484 g/mol. The van der Waals surface area contributed by atoms with Crippen molar-refractivity contribution in [1.82, 2.24) is 14.2 Å². The molecule has 1 unspecified atom stereocenters. The molecule has 2 aliphatic heterocycles. The Hall–Kier alpha value is -2.49. The number of nitrogens with zero attached hydrogens (tertiary/aromatic N) is 4. The summed E-state index contributed by atoms with van der Waals surface area (Å²) in [6.45, 7) is 5.55. The Morgan fingerprint density at radius 2 is 1.79 bits per heavy atom. The molecule has 0 spiro atoms. The van der Waals surface area contributed by atoms with Crippen LogP contribution in [0, 0.1) is 12.8 Å². The van der Waals surface area contributed by atoms with Gasteiger partial charge in [-0.25, -0.2) is 13.4 Å². The highest BCUT2D eigenvalue weighted by Crippen LogP contribution is 2.31. The van der Waals surface area contributed by atoms with Crippen LogP contribution < -0.4 is 4.90 Å². The number of rotatable bonds is 4. The smallest absolute Gasteiger partial charge is 0.243 e. The number of aryl methyl sites for hydroxylation is 1. The molecule has 0 saturated carbocycles. The van der Waals surface area contributed by atoms with E-state index in [1.54, 1.807) is 41.7 Å². The van der Waals surface area contributed by atoms with Crippen molar-refractivity contribution in [3.05, 3.63) is 54.1 Å². The summed E-state index contributed by atoms with van der Waals surface area (Å²) in [5, 5.41) is 1.00. The molecule has 174 valence electrons. The molecule has 33 heavy (non-hydrogen) atoms. The SMILES string of the molecule is Cc1ccc2nc(N3CCN(C(=O)C4CCCN(S(=O)(=O)c5ccccc5)C4)CC3)sc2c1. The summed E-state index contributed by atoms with van der Waals surface area (Å²) in [7, 11) is -3.57. The standard InChI is InChI=1S/C24H28N4O3S2/c1-18-9-10-21-22(16-18)32-24(25-21)27-14-12-26(13-15-27)23(29)19-6-5-11-28(17-19)33(30,31)20-7-3-2-4-8-20/h2-4,7-10,16,19H,5-6,11-15,17H2,1H3. The summed E-state index contributed by atoms with van der Waals surface area (Å²) in [6.07, 6.45) is 1.44. The molecule has 3 aromatic rings. The molecule has 9 heteroatoms. The lowest BCUT2D eigenvalue weighted by Gasteiger charge is -2.38. The number of hydrogen-bond acceptors (Lipinski definition) is 6. The van der Waals surface area contributed by atoms with E-state index in [0.717, 1.165) is 30.2 Å². The van der Waals surface area contributed by atoms with Crippen LogP contribution in [-0.4, -0.2) is 67.8 Å². The minimum atomic E-state index is -3.57. The molecule has 2 saturated heterocycles. The molecule has 2 fully saturated rings. The van der Waals surface area contributed by atoms with Crippen molar-refractivity contribution in [1.29, 1.82) is 0 Å². The molecule has 1 aromatic heterocycles. The minimum Gasteiger partial charge on any atom is -0.345 e. The number of anilines is 1. The van der Waals surface area contributed by atoms with Gasteiger partial charge in [0.2, 0.25) is 15.9 Å². The zero-order chi connectivity index (χ0) is 23.0. The van der Waals surface area contributed by atoms with Gasteiger partial charge in [0.25, 0.3) is 0 Å². The molecule has 3 heterocycles. The predicted molar refractivity (Wildman–Crippen MR) is 131 cm³/mol. The van der Waals surface area contributed by atoms with Gasteiger partial charge in [0.15, 0.2) is 5.13 Å². The number of carbonyl (C=O) groups is 1. The largest absolute Gasteiger partial charge is 0.345 e. The Morgan fingerprint density at radius 3 is 2.55 bits per heavy atom. The van der Waals surface area contributed by atoms with Gasteiger partial charge >= 0.3 is 0 Å². The Morgan fingerprint density at radius 1 is 1.03 bits per heavy atom. The van der Waals surface area contributed by atoms with E-state index in [-0.39, 0.29) is 23.3 Å². The highest BCUT2D eigenvalue weighted by molar-refractivity contribution is 7.89. The first kappa shape index (κ1) is 22.3. The van der Waals surface area contributed by atoms with Crippen LogP contribution in [-0.2, 0) is 14.8 Å². The molecule has 2 aromatic carbocycles. The second-order valence-corrected chi connectivity index (χ2v) is 11.7. The summed E-state index contributed by atoms with van der Waals surface area (Å²) < 4.78 is 28.7. The van der Waals surface area contributed by atoms with Gasteiger partial charge < -0.3 is 9.80 Å². The molecule has 1 amide bonds. The number of piperidine rings is 1. The maximum atomic E-state index is 13.3. The second kappa shape index (κ2) is 9.04. The molecule has 0 aliphatic carbocycles. The fraction of sp³-hybridized carbons (Fsp3) is 0.417. The van der Waals surface area contributed by atoms with Crippen LogP contribution in [0.1, 0.15) is 18.4 Å². The molecule has 0 bridgehead atoms. The van der Waals surface area contributed by atoms with Crippen LogP contribution in [0.3, 0.4) is 0 Å². The van der Waals surface area contributed by atoms with E-state index in [9.17, 15) is 13.2 Å². The van der Waals surface area contributed by atoms with Gasteiger partial charge in [-0.15, -0.1) is 0 Å². The van der Waals surface area contributed by atoms with Crippen molar-refractivity contribution in [2.24, 2.45) is 5.92 Å². The summed E-state index contributed by atoms with van der Waals surface area (Å²) in [4.78, 5) is 22.5. The van der Waals surface area contributed by atoms with Crippen molar-refractivity contribution >= 4 is 42.6 Å². The fourth-order valence-electron chi connectivity index (χ4n) is 4.64. The first-order valence-electron chi connectivity index (χ1n) is 11.4. The molecule has 7 nitrogen and oxygen atoms in total. The molecule has 5 rings (SSSR count). The van der Waals surface area contributed by atoms with Gasteiger partial charge in [-0.3, -0.25) is 4.79 Å². The van der Waals surface area contributed by atoms with Gasteiger partial charge in [0.05, 0.1) is 21.0 Å². The van der Waals surface area contributed by atoms with Crippen molar-refractivity contribution in [2.75, 3.05) is 44.2 Å². The number of benzene rings is 2. The quantitative estimate of drug-likeness (QED) is 0.568. The zero-order valence-corrected chi connectivity index (χ0v) is 20.3. The number of hydrogen-bond donors (Lipinski definition) is 0. The third-order valence-electron chi connectivity index (χ3n) is 6.51. The van der Waals surface area contributed by atoms with E-state index in [0.29, 0.717) is 26.1 Å². The number of fused-ring (bicyclic) bond motifs is 1. The van der Waals surface area contributed by atoms with Gasteiger partial charge in [-0.1, -0.05) is 35.6 Å². The highest BCUT2D eigenvalue weighted by atomic mass is 32.2. The lowest BCUT2D eigenvalue weighted by atomic mass is 9.98. The molecular formula is C24H28N4O3S2. The lowest BCUT2D eigenvalue weighted by Crippen LogP contribution is -2.53. The van der Waals surface area contributed by atoms with Crippen LogP contribution in [0.15, 0.2) is 53.4 Å². The van der Waals surface area contributed by atoms with Gasteiger partial charge in [-0.2, -0.15) is 4.31 Å². The van der Waals surface area contributed by atoms with Gasteiger partial charge in [0, 0.05) is 39.3 Å². The van der Waals surface area contributed by atoms with E-state index < -0.39 is 10.0 Å². The number of amides is 1. The van der Waals surface area contributed by atoms with E-state index in [4.69, 9.17) is 4.98 Å². The van der Waals surface area contributed by atoms with Crippen LogP contribution in [0.2, 0.25) is 0 Å². The first-order chi connectivity index (χ1) is 15.9. The third-order valence-corrected chi connectivity index (χ3v) is 9.47. The molecule has 0 radical (unpaired) electrons. The zero-order valence-electron chi connectivity index (χ0n) is 18.7. The van der Waals surface area contributed by atoms with Gasteiger partial charge in [0.1, 0.15) is 0 Å². The highest BCUT2D eigenvalue weighted by Gasteiger charge is 2.36. The fourth-order valence-corrected chi connectivity index (χ4v) is 7.30. The minimum absolute atomic E-state index is 0.0718. The first-order valence-corrected chi connectivity index (χ1v) is 13.6. The maximum Gasteiger partial charge on any atom is 0.243 e. The van der Waals surface area contributed by atoms with Crippen molar-refractivity contribution in [3.8, 4) is 0 Å². The second-order valence-electron chi connectivity index (χ2n) is 8.80. The lowest BCUT2D eigenvalue weighted by molar-refractivity contribution is -0.137. The summed E-state index contributed by atoms with van der Waals surface area (Å²) >= 11 is 1.69. The van der Waals surface area contributed by atoms with Crippen LogP contribution in [0.25, 0.3) is 10.2 Å². The molecular weight excluding hydrogens is 456 g/mol. The van der Waals surface area contributed by atoms with E-state index in [1.165, 1.54) is 14.6 Å². The maximum absolute atomic E-state index is 13.3. The average Bonchev–Trinajstić information content (AvgIpc) is 3.27. The molecule has 2 aliphatic rings. The van der Waals surface area contributed by atoms with E-state index >= 15 is 0 Å². The van der Waals surface area contributed by atoms with Crippen LogP contribution in [0.5, 0.6) is 0 Å². The molecule has 0 N–H and O–H groups in total. The van der Waals surface area contributed by atoms with Crippen molar-refractivity contribution in [2.45, 2.75) is 24.7 Å². The number of sulfonamides is 1. The van der Waals surface area contributed by atoms with E-state index in [1.807, 2.05) is 4.90 Å². The normalized spacial score (nSPS) is 20.3. The number of piperazine rings is 1. The Labute approximate surface area is 198 Å². The van der Waals surface area contributed by atoms with Gasteiger partial charge in [-0.05, 0) is 49.6 Å². The third kappa shape index (κ3) is 4.49. The Balaban J connectivity index is 1.22. The predicted octanol–water partition coefficient (Wildman–Crippen LogP) is 3.35. The average molecular weight is 485 g/mol. The summed E-state index contributed by atoms with van der Waals surface area (Å²) in [5.74, 6) is -0.211. The topological polar surface area (TPSA) is 73.8 Å². The summed E-state index contributed by atoms with van der Waals surface area (Å²) in [5.41, 5.74) is 2.24. The number of carbonyl (C=O) groups excluding carboxylic acids is 1. The number of thiazole rings is 1. The van der Waals surface area contributed by atoms with Crippen molar-refractivity contribution in [3.63, 3.8) is 0 Å². The number of aromatic nitrogens is 1. The Kier molecular flexibility index (Phi) is 6.11. The van der Waals surface area contributed by atoms with E-state index in [2.05, 4.69) is 30.0 Å². The summed E-state index contributed by atoms with van der Waals surface area (Å²) in [6, 6.07) is 14.8. The molecule has 1 atom stereocenters. The van der Waals surface area contributed by atoms with Crippen molar-refractivity contribution < 1.29 is 13.2 Å².